The third-order valence-electron chi connectivity index (χ3n) is 6.30. The highest BCUT2D eigenvalue weighted by Gasteiger charge is 2.35. The molecule has 0 unspecified atom stereocenters. The van der Waals surface area contributed by atoms with Crippen LogP contribution in [-0.2, 0) is 9.23 Å². The molecular weight excluding hydrogens is 627 g/mol. The van der Waals surface area contributed by atoms with Crippen LogP contribution in [0.4, 0.5) is 0 Å². The highest BCUT2D eigenvalue weighted by atomic mass is 36.0. The van der Waals surface area contributed by atoms with Gasteiger partial charge in [-0.2, -0.15) is 22.7 Å². The van der Waals surface area contributed by atoms with E-state index in [1.54, 1.807) is 16.1 Å². The summed E-state index contributed by atoms with van der Waals surface area (Å²) in [7, 11) is 7.36. The molecule has 0 aromatic carbocycles. The lowest BCUT2D eigenvalue weighted by Gasteiger charge is -2.13. The summed E-state index contributed by atoms with van der Waals surface area (Å²) >= 11 is 2.65. The van der Waals surface area contributed by atoms with Crippen molar-refractivity contribution in [2.75, 3.05) is 13.1 Å². The van der Waals surface area contributed by atoms with E-state index in [4.69, 9.17) is 9.32 Å². The Labute approximate surface area is 262 Å². The van der Waals surface area contributed by atoms with Crippen LogP contribution in [0.15, 0.2) is 21.5 Å². The first-order valence-corrected chi connectivity index (χ1v) is 18.6. The van der Waals surface area contributed by atoms with E-state index in [9.17, 15) is 19.2 Å². The van der Waals surface area contributed by atoms with Crippen LogP contribution in [0.2, 0.25) is 0 Å². The number of hydrogen-bond donors (Lipinski definition) is 2. The minimum absolute atomic E-state index is 0.0884. The Morgan fingerprint density at radius 2 is 1.22 bits per heavy atom. The predicted octanol–water partition coefficient (Wildman–Crippen LogP) is 8.28. The van der Waals surface area contributed by atoms with E-state index in [2.05, 4.69) is 40.5 Å². The van der Waals surface area contributed by atoms with E-state index in [0.29, 0.717) is 24.2 Å². The predicted molar refractivity (Wildman–Crippen MR) is 170 cm³/mol. The quantitative estimate of drug-likeness (QED) is 0.106. The molecule has 2 aromatic heterocycles. The molecule has 0 atom stereocenters. The Kier molecular flexibility index (Phi) is 19.8. The molecule has 0 aliphatic carbocycles. The summed E-state index contributed by atoms with van der Waals surface area (Å²) < 4.78 is 9.09. The van der Waals surface area contributed by atoms with E-state index in [1.165, 1.54) is 84.3 Å². The molecule has 3 heterocycles. The van der Waals surface area contributed by atoms with Crippen molar-refractivity contribution in [2.24, 2.45) is 0 Å². The summed E-state index contributed by atoms with van der Waals surface area (Å²) in [6.07, 6.45) is 14.0. The van der Waals surface area contributed by atoms with Gasteiger partial charge in [-0.25, -0.2) is 9.00 Å². The van der Waals surface area contributed by atoms with Crippen LogP contribution in [0.5, 0.6) is 0 Å². The molecule has 3 amide bonds. The SMILES string of the molecule is CCCCCCCCN1C(=O)c2cscc2C1=O.CCCCCCCCNC(=O)c1cscc1C(=O)O.O=S(Cl)Cl. The van der Waals surface area contributed by atoms with Gasteiger partial charge in [-0.05, 0) is 12.8 Å². The third-order valence-corrected chi connectivity index (χ3v) is 7.79. The van der Waals surface area contributed by atoms with Gasteiger partial charge < -0.3 is 10.4 Å². The van der Waals surface area contributed by atoms with Crippen molar-refractivity contribution < 1.29 is 28.5 Å². The maximum Gasteiger partial charge on any atom is 0.337 e. The third kappa shape index (κ3) is 14.3. The maximum absolute atomic E-state index is 11.9. The molecule has 0 fully saturated rings. The zero-order chi connectivity index (χ0) is 30.6. The van der Waals surface area contributed by atoms with E-state index >= 15 is 0 Å². The van der Waals surface area contributed by atoms with Crippen molar-refractivity contribution in [3.63, 3.8) is 0 Å². The number of carbonyl (C=O) groups excluding carboxylic acids is 3. The molecule has 0 saturated carbocycles. The van der Waals surface area contributed by atoms with Gasteiger partial charge in [-0.3, -0.25) is 19.3 Å². The molecular formula is C28H40Cl2N2O6S3. The number of carboxylic acids is 1. The first-order chi connectivity index (χ1) is 19.6. The van der Waals surface area contributed by atoms with Crippen molar-refractivity contribution in [2.45, 2.75) is 90.9 Å². The fourth-order valence-corrected chi connectivity index (χ4v) is 5.70. The van der Waals surface area contributed by atoms with Crippen LogP contribution in [0.1, 0.15) is 132 Å². The van der Waals surface area contributed by atoms with Gasteiger partial charge in [0.15, 0.2) is 0 Å². The monoisotopic (exact) mass is 666 g/mol. The van der Waals surface area contributed by atoms with Crippen molar-refractivity contribution in [3.8, 4) is 0 Å². The number of thiophene rings is 2. The Morgan fingerprint density at radius 3 is 1.73 bits per heavy atom. The molecule has 13 heteroatoms. The number of nitrogens with one attached hydrogen (secondary N) is 1. The summed E-state index contributed by atoms with van der Waals surface area (Å²) in [5.41, 5.74) is 1.54. The van der Waals surface area contributed by atoms with Crippen LogP contribution >= 0.6 is 44.0 Å². The topological polar surface area (TPSA) is 121 Å². The van der Waals surface area contributed by atoms with E-state index in [1.807, 2.05) is 0 Å². The summed E-state index contributed by atoms with van der Waals surface area (Å²) in [6.45, 7) is 5.56. The molecule has 41 heavy (non-hydrogen) atoms. The Balaban J connectivity index is 0.000000363. The molecule has 1 aliphatic heterocycles. The number of halogens is 2. The number of carboxylic acid groups (broad SMARTS) is 1. The number of hydrogen-bond acceptors (Lipinski definition) is 7. The number of nitrogens with zero attached hydrogens (tertiary/aromatic N) is 1. The lowest BCUT2D eigenvalue weighted by atomic mass is 10.1. The maximum atomic E-state index is 11.9. The van der Waals surface area contributed by atoms with Crippen LogP contribution in [0, 0.1) is 0 Å². The highest BCUT2D eigenvalue weighted by Crippen LogP contribution is 2.26. The fourth-order valence-electron chi connectivity index (χ4n) is 4.11. The number of imide groups is 1. The Morgan fingerprint density at radius 1 is 0.780 bits per heavy atom. The summed E-state index contributed by atoms with van der Waals surface area (Å²) in [4.78, 5) is 48.0. The smallest absolute Gasteiger partial charge is 0.337 e. The number of unbranched alkanes of at least 4 members (excludes halogenated alkanes) is 10. The minimum Gasteiger partial charge on any atom is -0.478 e. The molecule has 0 radical (unpaired) electrons. The molecule has 0 spiro atoms. The zero-order valence-corrected chi connectivity index (χ0v) is 27.6. The minimum atomic E-state index is -1.67. The summed E-state index contributed by atoms with van der Waals surface area (Å²) in [5, 5.41) is 18.3. The lowest BCUT2D eigenvalue weighted by Crippen LogP contribution is -2.30. The van der Waals surface area contributed by atoms with Crippen molar-refractivity contribution in [1.29, 1.82) is 0 Å². The van der Waals surface area contributed by atoms with Crippen molar-refractivity contribution >= 4 is 77.0 Å². The Hall–Kier alpha value is -1.79. The lowest BCUT2D eigenvalue weighted by molar-refractivity contribution is 0.0648. The van der Waals surface area contributed by atoms with Gasteiger partial charge in [0.05, 0.1) is 22.3 Å². The molecule has 2 aromatic rings. The van der Waals surface area contributed by atoms with Crippen LogP contribution in [0.25, 0.3) is 0 Å². The van der Waals surface area contributed by atoms with Crippen LogP contribution < -0.4 is 5.32 Å². The molecule has 3 rings (SSSR count). The first kappa shape index (κ1) is 37.2. The fraction of sp³-hybridized carbons (Fsp3) is 0.571. The largest absolute Gasteiger partial charge is 0.478 e. The summed E-state index contributed by atoms with van der Waals surface area (Å²) in [6, 6.07) is 0. The van der Waals surface area contributed by atoms with E-state index in [-0.39, 0.29) is 28.8 Å². The zero-order valence-electron chi connectivity index (χ0n) is 23.6. The number of rotatable bonds is 16. The van der Waals surface area contributed by atoms with Gasteiger partial charge in [0, 0.05) is 56.0 Å². The van der Waals surface area contributed by atoms with Gasteiger partial charge in [-0.15, -0.1) is 0 Å². The molecule has 1 aliphatic rings. The normalized spacial score (nSPS) is 12.0. The van der Waals surface area contributed by atoms with Crippen LogP contribution in [0.3, 0.4) is 0 Å². The second-order valence-corrected chi connectivity index (χ2v) is 13.5. The van der Waals surface area contributed by atoms with Gasteiger partial charge in [0.25, 0.3) is 17.7 Å². The van der Waals surface area contributed by atoms with Crippen molar-refractivity contribution in [3.05, 3.63) is 43.8 Å². The number of amides is 3. The van der Waals surface area contributed by atoms with Gasteiger partial charge >= 0.3 is 5.97 Å². The second-order valence-electron chi connectivity index (χ2n) is 9.44. The number of fused-ring (bicyclic) bond motifs is 1. The highest BCUT2D eigenvalue weighted by molar-refractivity contribution is 8.26. The van der Waals surface area contributed by atoms with Crippen molar-refractivity contribution in [1.82, 2.24) is 10.2 Å². The average molecular weight is 668 g/mol. The molecule has 230 valence electrons. The van der Waals surface area contributed by atoms with Gasteiger partial charge in [-0.1, -0.05) is 78.1 Å². The number of aromatic carboxylic acids is 1. The second kappa shape index (κ2) is 21.8. The molecule has 0 saturated heterocycles. The van der Waals surface area contributed by atoms with Crippen LogP contribution in [-0.4, -0.2) is 51.0 Å². The molecule has 0 bridgehead atoms. The van der Waals surface area contributed by atoms with Gasteiger partial charge in [0.1, 0.15) is 0 Å². The first-order valence-electron chi connectivity index (χ1n) is 13.9. The van der Waals surface area contributed by atoms with E-state index in [0.717, 1.165) is 25.7 Å². The van der Waals surface area contributed by atoms with E-state index < -0.39 is 15.2 Å². The average Bonchev–Trinajstić information content (AvgIpc) is 3.66. The van der Waals surface area contributed by atoms with Gasteiger partial charge in [0.2, 0.25) is 9.23 Å². The standard InChI is InChI=1S/C14H21NO3S.C14H19NO2S.Cl2OS/c1-2-3-4-5-6-7-8-15-13(16)11-9-19-10-12(11)14(17)18;1-2-3-4-5-6-7-8-15-13(16)11-9-18-10-12(11)14(15)17;1-4(2)3/h9-10H,2-8H2,1H3,(H,15,16)(H,17,18);9-10H,2-8H2,1H3;. The molecule has 2 N–H and O–H groups in total. The Bertz CT molecular complexity index is 1090. The molecule has 8 nitrogen and oxygen atoms in total. The summed E-state index contributed by atoms with van der Waals surface area (Å²) in [5.74, 6) is -1.55. The number of carbonyl (C=O) groups is 4.